The topological polar surface area (TPSA) is 278 Å². The van der Waals surface area contributed by atoms with Crippen LogP contribution in [0.3, 0.4) is 0 Å². The molecule has 0 heterocycles. The van der Waals surface area contributed by atoms with Crippen molar-refractivity contribution in [2.24, 2.45) is 28.9 Å². The molecule has 0 rings (SSSR count). The lowest BCUT2D eigenvalue weighted by molar-refractivity contribution is -0.132. The van der Waals surface area contributed by atoms with Crippen LogP contribution in [0.25, 0.3) is 0 Å². The van der Waals surface area contributed by atoms with Crippen LogP contribution >= 0.6 is 0 Å². The van der Waals surface area contributed by atoms with Gasteiger partial charge in [-0.25, -0.2) is 0 Å². The van der Waals surface area contributed by atoms with E-state index in [1.54, 1.807) is 0 Å². The predicted molar refractivity (Wildman–Crippen MR) is 357 cm³/mol. The summed E-state index contributed by atoms with van der Waals surface area (Å²) in [7, 11) is 0. The normalized spacial score (nSPS) is 13.1. The van der Waals surface area contributed by atoms with Crippen molar-refractivity contribution < 1.29 is 39.0 Å². The zero-order chi connectivity index (χ0) is 63.4. The summed E-state index contributed by atoms with van der Waals surface area (Å²) < 4.78 is 0. The number of ketones is 2. The Hall–Kier alpha value is -3.54. The number of nitrogens with zero attached hydrogens (tertiary/aromatic N) is 2. The van der Waals surface area contributed by atoms with Gasteiger partial charge in [-0.15, -0.1) is 0 Å². The summed E-state index contributed by atoms with van der Waals surface area (Å²) in [5, 5.41) is 25.4. The number of rotatable bonds is 65. The number of aliphatic hydroxyl groups is 2. The van der Waals surface area contributed by atoms with E-state index in [1.807, 2.05) is 9.80 Å². The molecule has 16 nitrogen and oxygen atoms in total. The van der Waals surface area contributed by atoms with Crippen molar-refractivity contribution in [3.05, 3.63) is 24.3 Å². The molecule has 0 aliphatic heterocycles. The van der Waals surface area contributed by atoms with Crippen LogP contribution in [0.5, 0.6) is 0 Å². The number of carbonyl (C=O) groups is 6. The summed E-state index contributed by atoms with van der Waals surface area (Å²) >= 11 is 0. The Morgan fingerprint density at radius 3 is 1.20 bits per heavy atom. The third-order valence-corrected chi connectivity index (χ3v) is 16.7. The predicted octanol–water partition coefficient (Wildman–Crippen LogP) is 12.3. The van der Waals surface area contributed by atoms with Crippen molar-refractivity contribution >= 4 is 35.2 Å². The first-order chi connectivity index (χ1) is 41.9. The molecular weight excluding hydrogens is 1080 g/mol. The second-order valence-corrected chi connectivity index (χ2v) is 24.7. The Bertz CT molecular complexity index is 1580. The van der Waals surface area contributed by atoms with Gasteiger partial charge in [-0.1, -0.05) is 179 Å². The average molecular weight is 1220 g/mol. The fraction of sp³-hybridized carbons (Fsp3) is 0.857. The van der Waals surface area contributed by atoms with E-state index in [2.05, 4.69) is 48.8 Å². The first-order valence-corrected chi connectivity index (χ1v) is 35.5. The SMILES string of the molecule is CCCCCCCC/C=C\CCCCCCCC(=O)N(CCCCCCCCN(CCCNC(=O)[C@H](CO)CC(=O)[C@@H](N)CCCCN)C(=O)CCCCCCC/C=C\CCCCCCCC)CCCCC(=O)[C@H](CO)NC(=O)[C@@H](N)CCCCN. The van der Waals surface area contributed by atoms with Crippen LogP contribution in [0, 0.1) is 5.92 Å². The fourth-order valence-corrected chi connectivity index (χ4v) is 10.9. The highest BCUT2D eigenvalue weighted by Gasteiger charge is 2.25. The number of aliphatic hydroxyl groups excluding tert-OH is 2. The summed E-state index contributed by atoms with van der Waals surface area (Å²) in [4.78, 5) is 82.8. The van der Waals surface area contributed by atoms with Gasteiger partial charge >= 0.3 is 0 Å². The van der Waals surface area contributed by atoms with Gasteiger partial charge in [0.1, 0.15) is 11.8 Å². The lowest BCUT2D eigenvalue weighted by Gasteiger charge is -2.24. The molecule has 4 amide bonds. The van der Waals surface area contributed by atoms with Gasteiger partial charge in [0.2, 0.25) is 23.6 Å². The van der Waals surface area contributed by atoms with Crippen molar-refractivity contribution in [1.82, 2.24) is 20.4 Å². The molecule has 12 N–H and O–H groups in total. The molecule has 16 heteroatoms. The van der Waals surface area contributed by atoms with E-state index in [1.165, 1.54) is 109 Å². The Kier molecular flexibility index (Phi) is 59.1. The van der Waals surface area contributed by atoms with Crippen molar-refractivity contribution in [3.8, 4) is 0 Å². The van der Waals surface area contributed by atoms with Gasteiger partial charge in [0, 0.05) is 58.4 Å². The van der Waals surface area contributed by atoms with Gasteiger partial charge in [-0.2, -0.15) is 0 Å². The number of hydrogen-bond donors (Lipinski definition) is 8. The van der Waals surface area contributed by atoms with Gasteiger partial charge in [0.05, 0.1) is 31.2 Å². The Morgan fingerprint density at radius 1 is 0.407 bits per heavy atom. The lowest BCUT2D eigenvalue weighted by Crippen LogP contribution is -2.50. The van der Waals surface area contributed by atoms with E-state index in [-0.39, 0.29) is 42.1 Å². The number of hydrogen-bond acceptors (Lipinski definition) is 12. The minimum absolute atomic E-state index is 0.116. The van der Waals surface area contributed by atoms with Crippen LogP contribution in [0.15, 0.2) is 24.3 Å². The maximum atomic E-state index is 13.7. The maximum absolute atomic E-state index is 13.7. The number of Topliss-reactive ketones (excluding diaryl/α,β-unsaturated/α-hetero) is 2. The van der Waals surface area contributed by atoms with Gasteiger partial charge in [0.15, 0.2) is 5.78 Å². The van der Waals surface area contributed by atoms with Gasteiger partial charge in [-0.3, -0.25) is 28.8 Å². The quantitative estimate of drug-likeness (QED) is 0.0209. The Labute approximate surface area is 525 Å². The standard InChI is InChI=1S/C70H134N8O8/c1-3-5-7-9-11-13-15-17-19-21-23-25-27-31-35-49-67(83)77(56-44-39-48-65(81)64(60-80)76-70(86)63(74)47-38-41-52-72)54-42-33-29-30-34-43-55-78(57-45-53-75-69(85)61(59-79)58-66(82)62(73)46-37-40-51-71)68(84)50-36-32-28-26-24-22-20-18-16-14-12-10-8-6-4-2/h17-20,61-64,79-80H,3-16,21-60,71-74H2,1-2H3,(H,75,85)(H,76,86)/b19-17-,20-18-/t61-,62-,63-,64-/m0/s1. The average Bonchev–Trinajstić information content (AvgIpc) is 3.69. The molecule has 4 atom stereocenters. The molecule has 0 aromatic carbocycles. The van der Waals surface area contributed by atoms with Crippen molar-refractivity contribution in [2.75, 3.05) is 59.0 Å². The molecule has 86 heavy (non-hydrogen) atoms. The molecular formula is C70H134N8O8. The van der Waals surface area contributed by atoms with Crippen LogP contribution in [-0.2, 0) is 28.8 Å². The Morgan fingerprint density at radius 2 is 0.779 bits per heavy atom. The van der Waals surface area contributed by atoms with Gasteiger partial charge in [-0.05, 0) is 135 Å². The third-order valence-electron chi connectivity index (χ3n) is 16.7. The van der Waals surface area contributed by atoms with Crippen molar-refractivity contribution in [1.29, 1.82) is 0 Å². The number of nitrogens with one attached hydrogen (secondary N) is 2. The highest BCUT2D eigenvalue weighted by atomic mass is 16.3. The molecule has 0 fully saturated rings. The number of carbonyl (C=O) groups excluding carboxylic acids is 6. The molecule has 0 saturated carbocycles. The molecule has 0 bridgehead atoms. The molecule has 0 radical (unpaired) electrons. The summed E-state index contributed by atoms with van der Waals surface area (Å²) in [6, 6.07) is -2.46. The van der Waals surface area contributed by atoms with E-state index in [0.29, 0.717) is 97.2 Å². The molecule has 0 saturated heterocycles. The second-order valence-electron chi connectivity index (χ2n) is 24.7. The number of allylic oxidation sites excluding steroid dienone is 4. The largest absolute Gasteiger partial charge is 0.396 e. The minimum atomic E-state index is -1.01. The summed E-state index contributed by atoms with van der Waals surface area (Å²) in [6.07, 6.45) is 52.9. The molecule has 502 valence electrons. The van der Waals surface area contributed by atoms with Crippen LogP contribution in [0.1, 0.15) is 303 Å². The zero-order valence-electron chi connectivity index (χ0n) is 55.4. The van der Waals surface area contributed by atoms with Gasteiger partial charge in [0.25, 0.3) is 0 Å². The van der Waals surface area contributed by atoms with Crippen molar-refractivity contribution in [2.45, 2.75) is 321 Å². The van der Waals surface area contributed by atoms with E-state index < -0.39 is 43.2 Å². The monoisotopic (exact) mass is 1220 g/mol. The van der Waals surface area contributed by atoms with E-state index >= 15 is 0 Å². The van der Waals surface area contributed by atoms with Crippen molar-refractivity contribution in [3.63, 3.8) is 0 Å². The molecule has 0 unspecified atom stereocenters. The summed E-state index contributed by atoms with van der Waals surface area (Å²) in [6.45, 7) is 7.29. The highest BCUT2D eigenvalue weighted by Crippen LogP contribution is 2.17. The number of amides is 4. The minimum Gasteiger partial charge on any atom is -0.396 e. The van der Waals surface area contributed by atoms with Gasteiger partial charge < -0.3 is 53.6 Å². The first kappa shape index (κ1) is 82.5. The first-order valence-electron chi connectivity index (χ1n) is 35.5. The molecule has 0 aromatic rings. The number of unbranched alkanes of at least 4 members (excludes halogenated alkanes) is 30. The molecule has 0 aliphatic rings. The maximum Gasteiger partial charge on any atom is 0.237 e. The van der Waals surface area contributed by atoms with Crippen LogP contribution in [0.2, 0.25) is 0 Å². The zero-order valence-corrected chi connectivity index (χ0v) is 55.4. The van der Waals surface area contributed by atoms with Crippen LogP contribution in [-0.4, -0.2) is 132 Å². The molecule has 0 aliphatic carbocycles. The van der Waals surface area contributed by atoms with E-state index in [4.69, 9.17) is 22.9 Å². The smallest absolute Gasteiger partial charge is 0.237 e. The number of nitrogens with two attached hydrogens (primary N) is 4. The van der Waals surface area contributed by atoms with Crippen LogP contribution < -0.4 is 33.6 Å². The lowest BCUT2D eigenvalue weighted by atomic mass is 9.96. The van der Waals surface area contributed by atoms with Crippen LogP contribution in [0.4, 0.5) is 0 Å². The summed E-state index contributed by atoms with van der Waals surface area (Å²) in [5.74, 6) is -1.90. The Balaban J connectivity index is 5.33. The third kappa shape index (κ3) is 49.4. The van der Waals surface area contributed by atoms with E-state index in [0.717, 1.165) is 116 Å². The summed E-state index contributed by atoms with van der Waals surface area (Å²) in [5.41, 5.74) is 23.2. The highest BCUT2D eigenvalue weighted by molar-refractivity contribution is 5.91. The molecule has 0 aromatic heterocycles. The van der Waals surface area contributed by atoms with E-state index in [9.17, 15) is 39.0 Å². The fourth-order valence-electron chi connectivity index (χ4n) is 10.9. The second kappa shape index (κ2) is 61.7. The molecule has 0 spiro atoms.